The minimum Gasteiger partial charge on any atom is -0.377 e. The summed E-state index contributed by atoms with van der Waals surface area (Å²) in [5, 5.41) is 6.61. The molecule has 160 valence electrons. The highest BCUT2D eigenvalue weighted by molar-refractivity contribution is 14.0. The number of likely N-dealkylation sites (N-methyl/N-ethyl adjacent to an activating group) is 1. The Bertz CT molecular complexity index is 585. The molecule has 1 aromatic rings. The third-order valence-corrected chi connectivity index (χ3v) is 4.95. The molecular weight excluding hydrogens is 467 g/mol. The van der Waals surface area contributed by atoms with Crippen LogP contribution in [0.1, 0.15) is 33.3 Å². The molecule has 28 heavy (non-hydrogen) atoms. The standard InChI is InChI=1S/C20H36N6O.HI/c1-6-21-19(24-16-20(3,4)27-5)23-15-17-8-9-18(22-14-17)26-12-10-25(7-2)11-13-26;/h8-9,14H,6-7,10-13,15-16H2,1-5H3,(H2,21,23,24);1H. The zero-order valence-corrected chi connectivity index (χ0v) is 20.3. The highest BCUT2D eigenvalue weighted by Crippen LogP contribution is 2.14. The molecule has 1 aliphatic heterocycles. The number of aromatic nitrogens is 1. The van der Waals surface area contributed by atoms with Gasteiger partial charge in [-0.1, -0.05) is 13.0 Å². The fourth-order valence-corrected chi connectivity index (χ4v) is 2.87. The minimum atomic E-state index is -0.235. The number of anilines is 1. The maximum Gasteiger partial charge on any atom is 0.191 e. The van der Waals surface area contributed by atoms with Gasteiger partial charge in [-0.05, 0) is 38.9 Å². The third-order valence-electron chi connectivity index (χ3n) is 4.95. The minimum absolute atomic E-state index is 0. The Balaban J connectivity index is 0.00000392. The van der Waals surface area contributed by atoms with Gasteiger partial charge in [-0.25, -0.2) is 9.98 Å². The Kier molecular flexibility index (Phi) is 11.1. The first-order valence-corrected chi connectivity index (χ1v) is 9.97. The van der Waals surface area contributed by atoms with Crippen LogP contribution in [0.15, 0.2) is 23.3 Å². The van der Waals surface area contributed by atoms with Crippen molar-refractivity contribution in [3.05, 3.63) is 23.9 Å². The van der Waals surface area contributed by atoms with Gasteiger partial charge in [-0.3, -0.25) is 0 Å². The number of aliphatic imine (C=N–C) groups is 1. The first-order valence-electron chi connectivity index (χ1n) is 9.97. The molecule has 0 spiro atoms. The van der Waals surface area contributed by atoms with Gasteiger partial charge in [0.05, 0.1) is 12.1 Å². The van der Waals surface area contributed by atoms with Gasteiger partial charge in [0.25, 0.3) is 0 Å². The van der Waals surface area contributed by atoms with Crippen LogP contribution >= 0.6 is 24.0 Å². The molecule has 2 rings (SSSR count). The van der Waals surface area contributed by atoms with E-state index in [1.165, 1.54) is 0 Å². The van der Waals surface area contributed by atoms with E-state index in [9.17, 15) is 0 Å². The Morgan fingerprint density at radius 2 is 1.89 bits per heavy atom. The van der Waals surface area contributed by atoms with E-state index in [0.29, 0.717) is 13.1 Å². The predicted molar refractivity (Wildman–Crippen MR) is 128 cm³/mol. The topological polar surface area (TPSA) is 65.0 Å². The second kappa shape index (κ2) is 12.4. The van der Waals surface area contributed by atoms with E-state index in [0.717, 1.165) is 56.6 Å². The Morgan fingerprint density at radius 1 is 1.18 bits per heavy atom. The number of guanidine groups is 1. The lowest BCUT2D eigenvalue weighted by Crippen LogP contribution is -2.46. The Hall–Kier alpha value is -1.13. The average Bonchev–Trinajstić information content (AvgIpc) is 2.70. The summed E-state index contributed by atoms with van der Waals surface area (Å²) < 4.78 is 5.45. The highest BCUT2D eigenvalue weighted by Gasteiger charge is 2.17. The summed E-state index contributed by atoms with van der Waals surface area (Å²) in [6, 6.07) is 4.24. The maximum atomic E-state index is 5.45. The maximum absolute atomic E-state index is 5.45. The van der Waals surface area contributed by atoms with Crippen LogP contribution in [0, 0.1) is 0 Å². The molecule has 1 aliphatic rings. The largest absolute Gasteiger partial charge is 0.377 e. The fraction of sp³-hybridized carbons (Fsp3) is 0.700. The smallest absolute Gasteiger partial charge is 0.191 e. The van der Waals surface area contributed by atoms with Crippen molar-refractivity contribution < 1.29 is 4.74 Å². The molecule has 2 N–H and O–H groups in total. The lowest BCUT2D eigenvalue weighted by molar-refractivity contribution is 0.0268. The number of halogens is 1. The van der Waals surface area contributed by atoms with Crippen molar-refractivity contribution in [2.24, 2.45) is 4.99 Å². The molecule has 1 saturated heterocycles. The number of ether oxygens (including phenoxy) is 1. The second-order valence-electron chi connectivity index (χ2n) is 7.46. The number of methoxy groups -OCH3 is 1. The highest BCUT2D eigenvalue weighted by atomic mass is 127. The Labute approximate surface area is 187 Å². The second-order valence-corrected chi connectivity index (χ2v) is 7.46. The number of piperazine rings is 1. The van der Waals surface area contributed by atoms with Gasteiger partial charge in [-0.2, -0.15) is 0 Å². The molecule has 7 nitrogen and oxygen atoms in total. The first-order chi connectivity index (χ1) is 13.0. The number of nitrogens with zero attached hydrogens (tertiary/aromatic N) is 4. The molecule has 0 unspecified atom stereocenters. The molecule has 0 aromatic carbocycles. The molecule has 1 fully saturated rings. The van der Waals surface area contributed by atoms with Crippen LogP contribution in [-0.4, -0.2) is 74.4 Å². The summed E-state index contributed by atoms with van der Waals surface area (Å²) in [5.41, 5.74) is 0.871. The van der Waals surface area contributed by atoms with Gasteiger partial charge in [-0.15, -0.1) is 24.0 Å². The van der Waals surface area contributed by atoms with Crippen molar-refractivity contribution in [3.8, 4) is 0 Å². The summed E-state index contributed by atoms with van der Waals surface area (Å²) in [6.07, 6.45) is 1.94. The van der Waals surface area contributed by atoms with Crippen LogP contribution in [0.5, 0.6) is 0 Å². The van der Waals surface area contributed by atoms with E-state index >= 15 is 0 Å². The Morgan fingerprint density at radius 3 is 2.43 bits per heavy atom. The molecule has 0 bridgehead atoms. The van der Waals surface area contributed by atoms with Gasteiger partial charge in [0.2, 0.25) is 0 Å². The van der Waals surface area contributed by atoms with Gasteiger partial charge < -0.3 is 25.2 Å². The number of pyridine rings is 1. The van der Waals surface area contributed by atoms with Crippen LogP contribution in [-0.2, 0) is 11.3 Å². The molecular formula is C20H37IN6O. The third kappa shape index (κ3) is 8.08. The fourth-order valence-electron chi connectivity index (χ4n) is 2.87. The first kappa shape index (κ1) is 24.9. The van der Waals surface area contributed by atoms with Crippen molar-refractivity contribution in [3.63, 3.8) is 0 Å². The molecule has 0 amide bonds. The predicted octanol–water partition coefficient (Wildman–Crippen LogP) is 2.32. The number of nitrogens with one attached hydrogen (secondary N) is 2. The summed E-state index contributed by atoms with van der Waals surface area (Å²) in [7, 11) is 1.72. The van der Waals surface area contributed by atoms with E-state index in [4.69, 9.17) is 4.74 Å². The van der Waals surface area contributed by atoms with E-state index < -0.39 is 0 Å². The quantitative estimate of drug-likeness (QED) is 0.322. The molecule has 0 atom stereocenters. The van der Waals surface area contributed by atoms with Gasteiger partial charge in [0.15, 0.2) is 5.96 Å². The summed E-state index contributed by atoms with van der Waals surface area (Å²) in [6.45, 7) is 15.9. The monoisotopic (exact) mass is 504 g/mol. The summed E-state index contributed by atoms with van der Waals surface area (Å²) in [4.78, 5) is 14.1. The molecule has 8 heteroatoms. The van der Waals surface area contributed by atoms with Crippen molar-refractivity contribution in [2.75, 3.05) is 57.8 Å². The van der Waals surface area contributed by atoms with E-state index in [1.54, 1.807) is 7.11 Å². The van der Waals surface area contributed by atoms with E-state index in [1.807, 2.05) is 20.0 Å². The molecule has 0 saturated carbocycles. The van der Waals surface area contributed by atoms with Crippen molar-refractivity contribution >= 4 is 35.8 Å². The lowest BCUT2D eigenvalue weighted by atomic mass is 10.1. The van der Waals surface area contributed by atoms with Crippen molar-refractivity contribution in [1.82, 2.24) is 20.5 Å². The van der Waals surface area contributed by atoms with Crippen molar-refractivity contribution in [1.29, 1.82) is 0 Å². The number of hydrogen-bond donors (Lipinski definition) is 2. The zero-order chi connectivity index (χ0) is 19.7. The van der Waals surface area contributed by atoms with Crippen molar-refractivity contribution in [2.45, 2.75) is 39.8 Å². The SMILES string of the molecule is CCNC(=NCc1ccc(N2CCN(CC)CC2)nc1)NCC(C)(C)OC.I. The molecule has 0 radical (unpaired) electrons. The zero-order valence-electron chi connectivity index (χ0n) is 18.0. The van der Waals surface area contributed by atoms with Crippen LogP contribution in [0.3, 0.4) is 0 Å². The number of rotatable bonds is 8. The van der Waals surface area contributed by atoms with Gasteiger partial charge >= 0.3 is 0 Å². The van der Waals surface area contributed by atoms with Crippen LogP contribution in [0.2, 0.25) is 0 Å². The molecule has 1 aromatic heterocycles. The van der Waals surface area contributed by atoms with E-state index in [-0.39, 0.29) is 29.6 Å². The normalized spacial score (nSPS) is 15.9. The van der Waals surface area contributed by atoms with Crippen LogP contribution in [0.4, 0.5) is 5.82 Å². The van der Waals surface area contributed by atoms with Crippen LogP contribution < -0.4 is 15.5 Å². The number of hydrogen-bond acceptors (Lipinski definition) is 5. The van der Waals surface area contributed by atoms with Crippen LogP contribution in [0.25, 0.3) is 0 Å². The lowest BCUT2D eigenvalue weighted by Gasteiger charge is -2.34. The summed E-state index contributed by atoms with van der Waals surface area (Å²) >= 11 is 0. The molecule has 2 heterocycles. The average molecular weight is 504 g/mol. The van der Waals surface area contributed by atoms with E-state index in [2.05, 4.69) is 56.4 Å². The molecule has 0 aliphatic carbocycles. The summed E-state index contributed by atoms with van der Waals surface area (Å²) in [5.74, 6) is 1.85. The van der Waals surface area contributed by atoms with Gasteiger partial charge in [0.1, 0.15) is 5.82 Å². The van der Waals surface area contributed by atoms with Gasteiger partial charge in [0, 0.05) is 52.6 Å².